The average Bonchev–Trinajstić information content (AvgIpc) is 4.15. The zero-order valence-corrected chi connectivity index (χ0v) is 33.2. The number of anilines is 4. The highest BCUT2D eigenvalue weighted by Crippen LogP contribution is 2.36. The molecule has 10 rings (SSSR count). The van der Waals surface area contributed by atoms with Gasteiger partial charge in [0.15, 0.2) is 63.8 Å². The van der Waals surface area contributed by atoms with Crippen molar-refractivity contribution in [3.8, 4) is 0 Å². The van der Waals surface area contributed by atoms with Crippen LogP contribution in [0.1, 0.15) is 54.1 Å². The lowest BCUT2D eigenvalue weighted by molar-refractivity contribution is -0.0486. The van der Waals surface area contributed by atoms with Crippen LogP contribution in [0.5, 0.6) is 0 Å². The van der Waals surface area contributed by atoms with Gasteiger partial charge in [0, 0.05) is 51.1 Å². The summed E-state index contributed by atoms with van der Waals surface area (Å²) in [5, 5.41) is 46.9. The summed E-state index contributed by atoms with van der Waals surface area (Å²) in [5.74, 6) is -1.34. The molecule has 21 heteroatoms. The molecule has 4 aliphatic heterocycles. The van der Waals surface area contributed by atoms with Crippen LogP contribution in [-0.4, -0.2) is 141 Å². The molecule has 4 aromatic heterocycles. The molecule has 4 fully saturated rings. The van der Waals surface area contributed by atoms with Crippen LogP contribution < -0.4 is 20.4 Å². The second-order valence-corrected chi connectivity index (χ2v) is 16.1. The first-order valence-corrected chi connectivity index (χ1v) is 20.6. The maximum Gasteiger partial charge on any atom is 0.199 e. The van der Waals surface area contributed by atoms with Crippen molar-refractivity contribution in [1.82, 2.24) is 39.0 Å². The fourth-order valence-corrected chi connectivity index (χ4v) is 9.09. The zero-order valence-electron chi connectivity index (χ0n) is 33.2. The van der Waals surface area contributed by atoms with Crippen molar-refractivity contribution in [2.45, 2.75) is 74.6 Å². The molecule has 4 saturated heterocycles. The monoisotopic (exact) mass is 854 g/mol. The lowest BCUT2D eigenvalue weighted by atomic mass is 10.0. The summed E-state index contributed by atoms with van der Waals surface area (Å²) in [4.78, 5) is 44.1. The highest BCUT2D eigenvalue weighted by atomic mass is 19.1. The number of aromatic nitrogens is 8. The molecule has 6 aromatic rings. The van der Waals surface area contributed by atoms with Crippen LogP contribution in [0.25, 0.3) is 22.3 Å². The molecule has 0 unspecified atom stereocenters. The van der Waals surface area contributed by atoms with Gasteiger partial charge in [0.1, 0.15) is 24.9 Å². The third kappa shape index (κ3) is 7.13. The van der Waals surface area contributed by atoms with Gasteiger partial charge in [0.25, 0.3) is 0 Å². The van der Waals surface area contributed by atoms with Crippen molar-refractivity contribution in [3.05, 3.63) is 84.5 Å². The predicted molar refractivity (Wildman–Crippen MR) is 219 cm³/mol. The Bertz CT molecular complexity index is 2460. The summed E-state index contributed by atoms with van der Waals surface area (Å²) in [6.07, 6.45) is 3.38. The van der Waals surface area contributed by atoms with Crippen LogP contribution in [-0.2, 0) is 9.47 Å². The number of aliphatic hydroxyl groups is 4. The molecule has 4 aliphatic rings. The summed E-state index contributed by atoms with van der Waals surface area (Å²) in [7, 11) is 0. The van der Waals surface area contributed by atoms with Crippen LogP contribution >= 0.6 is 0 Å². The smallest absolute Gasteiger partial charge is 0.199 e. The van der Waals surface area contributed by atoms with Crippen LogP contribution in [0.15, 0.2) is 61.7 Å². The first kappa shape index (κ1) is 40.1. The van der Waals surface area contributed by atoms with E-state index in [2.05, 4.69) is 40.5 Å². The number of fused-ring (bicyclic) bond motifs is 2. The number of hydrogen-bond donors (Lipinski definition) is 6. The molecule has 324 valence electrons. The molecule has 8 atom stereocenters. The number of halogens is 2. The molecule has 0 spiro atoms. The van der Waals surface area contributed by atoms with Gasteiger partial charge in [-0.25, -0.2) is 38.7 Å². The quantitative estimate of drug-likeness (QED) is 0.0968. The molecule has 2 aromatic carbocycles. The highest BCUT2D eigenvalue weighted by molar-refractivity contribution is 6.10. The Labute approximate surface area is 352 Å². The number of benzene rings is 2. The molecule has 0 aliphatic carbocycles. The number of ether oxygens (including phenoxy) is 2. The summed E-state index contributed by atoms with van der Waals surface area (Å²) >= 11 is 0. The van der Waals surface area contributed by atoms with E-state index in [1.807, 2.05) is 9.80 Å². The topological polar surface area (TPSA) is 234 Å². The molecule has 62 heavy (non-hydrogen) atoms. The van der Waals surface area contributed by atoms with Crippen LogP contribution in [0.3, 0.4) is 0 Å². The molecule has 6 N–H and O–H groups in total. The Morgan fingerprint density at radius 1 is 0.677 bits per heavy atom. The van der Waals surface area contributed by atoms with Crippen molar-refractivity contribution in [2.24, 2.45) is 0 Å². The van der Waals surface area contributed by atoms with Gasteiger partial charge in [-0.15, -0.1) is 0 Å². The summed E-state index contributed by atoms with van der Waals surface area (Å²) < 4.78 is 47.5. The van der Waals surface area contributed by atoms with E-state index in [0.29, 0.717) is 73.0 Å². The number of ketones is 1. The molecular weight excluding hydrogens is 811 g/mol. The Hall–Kier alpha value is -5.97. The molecule has 0 bridgehead atoms. The van der Waals surface area contributed by atoms with Crippen molar-refractivity contribution in [1.29, 1.82) is 0 Å². The third-order valence-electron chi connectivity index (χ3n) is 12.2. The van der Waals surface area contributed by atoms with Gasteiger partial charge in [-0.2, -0.15) is 0 Å². The van der Waals surface area contributed by atoms with Crippen molar-refractivity contribution in [2.75, 3.05) is 59.8 Å². The van der Waals surface area contributed by atoms with Crippen molar-refractivity contribution < 1.29 is 43.5 Å². The van der Waals surface area contributed by atoms with Crippen molar-refractivity contribution in [3.63, 3.8) is 0 Å². The molecular formula is C41H44F2N12O7. The van der Waals surface area contributed by atoms with Gasteiger partial charge < -0.3 is 50.3 Å². The van der Waals surface area contributed by atoms with E-state index in [9.17, 15) is 25.2 Å². The molecule has 8 heterocycles. The van der Waals surface area contributed by atoms with Gasteiger partial charge in [-0.05, 0) is 37.1 Å². The summed E-state index contributed by atoms with van der Waals surface area (Å²) in [6.45, 7) is 1.27. The number of imidazole rings is 2. The van der Waals surface area contributed by atoms with E-state index < -0.39 is 54.3 Å². The van der Waals surface area contributed by atoms with Gasteiger partial charge >= 0.3 is 0 Å². The fraction of sp³-hybridized carbons (Fsp3) is 0.439. The van der Waals surface area contributed by atoms with Gasteiger partial charge in [0.2, 0.25) is 0 Å². The second kappa shape index (κ2) is 16.4. The minimum Gasteiger partial charge on any atom is -0.394 e. The summed E-state index contributed by atoms with van der Waals surface area (Å²) in [5.41, 5.74) is 1.77. The van der Waals surface area contributed by atoms with E-state index in [4.69, 9.17) is 9.47 Å². The zero-order chi connectivity index (χ0) is 42.6. The Kier molecular flexibility index (Phi) is 10.6. The minimum atomic E-state index is -0.848. The number of hydrogen-bond acceptors (Lipinski definition) is 17. The number of carbonyl (C=O) groups is 1. The number of nitrogens with zero attached hydrogens (tertiary/aromatic N) is 10. The molecule has 0 saturated carbocycles. The Balaban J connectivity index is 0.807. The minimum absolute atomic E-state index is 0.171. The average molecular weight is 855 g/mol. The first-order chi connectivity index (χ1) is 30.2. The Morgan fingerprint density at radius 2 is 1.13 bits per heavy atom. The van der Waals surface area contributed by atoms with E-state index in [0.717, 1.165) is 0 Å². The molecule has 0 radical (unpaired) electrons. The fourth-order valence-electron chi connectivity index (χ4n) is 9.09. The van der Waals surface area contributed by atoms with E-state index in [1.54, 1.807) is 33.4 Å². The van der Waals surface area contributed by atoms with E-state index in [-0.39, 0.29) is 60.6 Å². The SMILES string of the molecule is O=C(c1cccc(N2CC[C@@H](Nc3ncnc4c3ncn4[C@@H]3O[C@H](CO)C[C@H]3O)C2)c1F)c1cccc(N2CC[C@@H](Nc3ncnc4c3ncn4[C@@H]3O[C@H](CO)C[C@H]3O)C2)c1F. The predicted octanol–water partition coefficient (Wildman–Crippen LogP) is 2.14. The molecule has 19 nitrogen and oxygen atoms in total. The van der Waals surface area contributed by atoms with Crippen LogP contribution in [0.4, 0.5) is 31.8 Å². The number of rotatable bonds is 12. The number of carbonyl (C=O) groups excluding carboxylic acids is 1. The third-order valence-corrected chi connectivity index (χ3v) is 12.2. The second-order valence-electron chi connectivity index (χ2n) is 16.1. The first-order valence-electron chi connectivity index (χ1n) is 20.6. The standard InChI is InChI=1S/C41H44F2N12O7/c42-31-25(3-1-5-27(31)52-9-7-21(13-52)50-36-33-38(46-17-44-36)54(19-48-33)40-29(58)11-23(15-56)61-40)35(60)26-4-2-6-28(32(26)43)53-10-8-22(14-53)51-37-34-39(47-18-45-37)55(20-49-34)41-30(59)12-24(16-57)62-41/h1-6,17-24,29-30,40-41,56-59H,7-16H2,(H,44,46,50)(H,45,47,51)/t21-,22-,23+,24+,29-,30-,40-,41-/m1/s1. The lowest BCUT2D eigenvalue weighted by Gasteiger charge is -2.22. The largest absolute Gasteiger partial charge is 0.394 e. The maximum absolute atomic E-state index is 16.4. The van der Waals surface area contributed by atoms with E-state index in [1.165, 1.54) is 37.4 Å². The van der Waals surface area contributed by atoms with Crippen molar-refractivity contribution >= 4 is 51.1 Å². The lowest BCUT2D eigenvalue weighted by Crippen LogP contribution is -2.28. The summed E-state index contributed by atoms with van der Waals surface area (Å²) in [6, 6.07) is 8.78. The highest BCUT2D eigenvalue weighted by Gasteiger charge is 2.38. The molecule has 0 amide bonds. The normalized spacial score (nSPS) is 26.4. The van der Waals surface area contributed by atoms with E-state index >= 15 is 8.78 Å². The van der Waals surface area contributed by atoms with Gasteiger partial charge in [-0.1, -0.05) is 12.1 Å². The van der Waals surface area contributed by atoms with Gasteiger partial charge in [-0.3, -0.25) is 13.9 Å². The number of aliphatic hydroxyl groups excluding tert-OH is 4. The Morgan fingerprint density at radius 3 is 1.55 bits per heavy atom. The van der Waals surface area contributed by atoms with Gasteiger partial charge in [0.05, 0.1) is 60.6 Å². The maximum atomic E-state index is 16.4. The van der Waals surface area contributed by atoms with Crippen LogP contribution in [0.2, 0.25) is 0 Å². The number of nitrogens with one attached hydrogen (secondary N) is 2. The van der Waals surface area contributed by atoms with Crippen LogP contribution in [0, 0.1) is 11.6 Å².